The van der Waals surface area contributed by atoms with Gasteiger partial charge in [-0.1, -0.05) is 60.7 Å². The van der Waals surface area contributed by atoms with E-state index in [4.69, 9.17) is 4.74 Å². The zero-order valence-electron chi connectivity index (χ0n) is 18.5. The minimum Gasteiger partial charge on any atom is -0.352 e. The fraction of sp³-hybridized carbons (Fsp3) is 0.231. The van der Waals surface area contributed by atoms with Gasteiger partial charge in [-0.05, 0) is 24.0 Å². The average Bonchev–Trinajstić information content (AvgIpc) is 2.88. The lowest BCUT2D eigenvalue weighted by Crippen LogP contribution is -2.50. The lowest BCUT2D eigenvalue weighted by atomic mass is 9.87. The number of allylic oxidation sites excluding steroid dienone is 4. The summed E-state index contributed by atoms with van der Waals surface area (Å²) in [7, 11) is 0. The minimum atomic E-state index is -5.05. The highest BCUT2D eigenvalue weighted by Gasteiger charge is 2.60. The summed E-state index contributed by atoms with van der Waals surface area (Å²) >= 11 is 0. The lowest BCUT2D eigenvalue weighted by molar-refractivity contribution is -0.183. The Bertz CT molecular complexity index is 1210. The van der Waals surface area contributed by atoms with E-state index in [1.54, 1.807) is 0 Å². The van der Waals surface area contributed by atoms with Crippen molar-refractivity contribution in [2.45, 2.75) is 36.9 Å². The van der Waals surface area contributed by atoms with E-state index in [1.165, 1.54) is 60.7 Å². The smallest absolute Gasteiger partial charge is 0.331 e. The average molecular weight is 534 g/mol. The van der Waals surface area contributed by atoms with Gasteiger partial charge in [0.15, 0.2) is 35.5 Å². The second-order valence-electron chi connectivity index (χ2n) is 8.40. The molecule has 0 aromatic heterocycles. The highest BCUT2D eigenvalue weighted by Crippen LogP contribution is 2.51. The van der Waals surface area contributed by atoms with E-state index in [-0.39, 0.29) is 11.1 Å². The van der Waals surface area contributed by atoms with Gasteiger partial charge in [-0.25, -0.2) is 26.3 Å². The first-order chi connectivity index (χ1) is 17.4. The molecule has 0 fully saturated rings. The molecule has 0 radical (unpaired) electrons. The lowest BCUT2D eigenvalue weighted by Gasteiger charge is -2.38. The fourth-order valence-corrected chi connectivity index (χ4v) is 4.11. The molecule has 2 aliphatic carbocycles. The maximum atomic E-state index is 14.9. The largest absolute Gasteiger partial charge is 0.352 e. The van der Waals surface area contributed by atoms with Gasteiger partial charge in [-0.3, -0.25) is 0 Å². The Hall–Kier alpha value is -3.34. The van der Waals surface area contributed by atoms with Gasteiger partial charge < -0.3 is 4.74 Å². The topological polar surface area (TPSA) is 9.23 Å². The summed E-state index contributed by atoms with van der Waals surface area (Å²) in [4.78, 5) is 0. The van der Waals surface area contributed by atoms with Gasteiger partial charge in [0.1, 0.15) is 0 Å². The molecule has 11 heteroatoms. The van der Waals surface area contributed by atoms with Gasteiger partial charge >= 0.3 is 11.8 Å². The van der Waals surface area contributed by atoms with Crippen LogP contribution >= 0.6 is 0 Å². The maximum absolute atomic E-state index is 14.9. The Balaban J connectivity index is 1.83. The molecular formula is C26H16F10O. The molecule has 37 heavy (non-hydrogen) atoms. The Kier molecular flexibility index (Phi) is 7.11. The van der Waals surface area contributed by atoms with Gasteiger partial charge in [-0.15, -0.1) is 0 Å². The normalized spacial score (nSPS) is 23.7. The van der Waals surface area contributed by atoms with Crippen molar-refractivity contribution in [3.8, 4) is 0 Å². The number of hydrogen-bond acceptors (Lipinski definition) is 1. The molecule has 0 amide bonds. The van der Waals surface area contributed by atoms with Crippen LogP contribution in [0.15, 0.2) is 107 Å². The zero-order valence-corrected chi connectivity index (χ0v) is 18.5. The standard InChI is InChI=1S/C26H16F10O/c27-17-15(11-13-7-3-1-4-8-13)23(25(33,34)21(31)19(17)29)37-24-16(12-14-9-5-2-6-10-14)18(28)20(30)22(32)26(24,35)36/h1-10,23-24H,11-12H2. The number of benzene rings is 2. The minimum absolute atomic E-state index is 0.0888. The maximum Gasteiger partial charge on any atom is 0.331 e. The number of halogens is 10. The quantitative estimate of drug-likeness (QED) is 0.339. The Labute approximate surface area is 204 Å². The second-order valence-corrected chi connectivity index (χ2v) is 8.40. The molecule has 2 atom stereocenters. The van der Waals surface area contributed by atoms with Gasteiger partial charge in [0.2, 0.25) is 11.7 Å². The van der Waals surface area contributed by atoms with E-state index < -0.39 is 83.0 Å². The predicted octanol–water partition coefficient (Wildman–Crippen LogP) is 8.27. The van der Waals surface area contributed by atoms with Crippen molar-refractivity contribution in [1.82, 2.24) is 0 Å². The van der Waals surface area contributed by atoms with E-state index in [0.29, 0.717) is 0 Å². The Morgan fingerprint density at radius 3 is 1.16 bits per heavy atom. The van der Waals surface area contributed by atoms with Crippen molar-refractivity contribution >= 4 is 0 Å². The molecule has 4 rings (SSSR count). The van der Waals surface area contributed by atoms with Crippen LogP contribution in [0.5, 0.6) is 0 Å². The third kappa shape index (κ3) is 4.72. The molecule has 0 saturated heterocycles. The molecule has 0 saturated carbocycles. The number of rotatable bonds is 6. The van der Waals surface area contributed by atoms with Crippen molar-refractivity contribution in [1.29, 1.82) is 0 Å². The van der Waals surface area contributed by atoms with E-state index >= 15 is 0 Å². The summed E-state index contributed by atoms with van der Waals surface area (Å²) in [5.74, 6) is -25.4. The van der Waals surface area contributed by atoms with Crippen LogP contribution in [0.25, 0.3) is 0 Å². The molecule has 0 aliphatic heterocycles. The van der Waals surface area contributed by atoms with E-state index in [1.807, 2.05) is 0 Å². The third-order valence-corrected chi connectivity index (χ3v) is 5.96. The summed E-state index contributed by atoms with van der Waals surface area (Å²) in [5, 5.41) is 0. The molecule has 1 nitrogen and oxygen atoms in total. The number of hydrogen-bond donors (Lipinski definition) is 0. The van der Waals surface area contributed by atoms with Gasteiger partial charge in [0.05, 0.1) is 0 Å². The van der Waals surface area contributed by atoms with Crippen molar-refractivity contribution in [2.24, 2.45) is 0 Å². The summed E-state index contributed by atoms with van der Waals surface area (Å²) in [5.41, 5.74) is -2.38. The molecule has 2 aromatic carbocycles. The van der Waals surface area contributed by atoms with Crippen molar-refractivity contribution in [3.63, 3.8) is 0 Å². The van der Waals surface area contributed by atoms with Gasteiger partial charge in [-0.2, -0.15) is 17.6 Å². The van der Waals surface area contributed by atoms with E-state index in [9.17, 15) is 43.9 Å². The van der Waals surface area contributed by atoms with Crippen molar-refractivity contribution in [3.05, 3.63) is 118 Å². The molecule has 2 unspecified atom stereocenters. The van der Waals surface area contributed by atoms with Crippen molar-refractivity contribution in [2.75, 3.05) is 0 Å². The van der Waals surface area contributed by atoms with Crippen LogP contribution in [0.4, 0.5) is 43.9 Å². The highest BCUT2D eigenvalue weighted by atomic mass is 19.3. The molecule has 2 aliphatic rings. The molecule has 0 bridgehead atoms. The summed E-state index contributed by atoms with van der Waals surface area (Å²) in [6.07, 6.45) is -8.20. The van der Waals surface area contributed by atoms with Crippen LogP contribution in [0.1, 0.15) is 11.1 Å². The van der Waals surface area contributed by atoms with Gasteiger partial charge in [0.25, 0.3) is 0 Å². The first-order valence-electron chi connectivity index (χ1n) is 10.8. The number of alkyl halides is 4. The first-order valence-corrected chi connectivity index (χ1v) is 10.8. The molecule has 0 N–H and O–H groups in total. The molecular weight excluding hydrogens is 518 g/mol. The van der Waals surface area contributed by atoms with Crippen LogP contribution in [0, 0.1) is 0 Å². The van der Waals surface area contributed by atoms with Crippen LogP contribution in [0.3, 0.4) is 0 Å². The van der Waals surface area contributed by atoms with Gasteiger partial charge in [0, 0.05) is 11.1 Å². The second kappa shape index (κ2) is 9.85. The predicted molar refractivity (Wildman–Crippen MR) is 114 cm³/mol. The molecule has 0 spiro atoms. The SMILES string of the molecule is FC1=C(Cc2ccccc2)C(OC2C(Cc3ccccc3)=C(F)C(F)=C(F)C2(F)F)C(F)(F)C(F)=C1F. The number of ether oxygens (including phenoxy) is 1. The zero-order chi connectivity index (χ0) is 27.1. The van der Waals surface area contributed by atoms with Crippen LogP contribution in [-0.4, -0.2) is 24.1 Å². The summed E-state index contributed by atoms with van der Waals surface area (Å²) < 4.78 is 150. The first kappa shape index (κ1) is 26.7. The third-order valence-electron chi connectivity index (χ3n) is 5.96. The van der Waals surface area contributed by atoms with E-state index in [0.717, 1.165) is 0 Å². The summed E-state index contributed by atoms with van der Waals surface area (Å²) in [6, 6.07) is 13.9. The fourth-order valence-electron chi connectivity index (χ4n) is 4.11. The monoisotopic (exact) mass is 534 g/mol. The highest BCUT2D eigenvalue weighted by molar-refractivity contribution is 5.45. The van der Waals surface area contributed by atoms with Crippen LogP contribution in [-0.2, 0) is 17.6 Å². The van der Waals surface area contributed by atoms with E-state index in [2.05, 4.69) is 0 Å². The van der Waals surface area contributed by atoms with Crippen molar-refractivity contribution < 1.29 is 48.6 Å². The molecule has 0 heterocycles. The Morgan fingerprint density at radius 1 is 0.514 bits per heavy atom. The summed E-state index contributed by atoms with van der Waals surface area (Å²) in [6.45, 7) is 0. The molecule has 2 aromatic rings. The Morgan fingerprint density at radius 2 is 0.838 bits per heavy atom. The van der Waals surface area contributed by atoms with Crippen LogP contribution < -0.4 is 0 Å². The van der Waals surface area contributed by atoms with Crippen LogP contribution in [0.2, 0.25) is 0 Å². The molecule has 196 valence electrons.